The van der Waals surface area contributed by atoms with Gasteiger partial charge < -0.3 is 0 Å². The van der Waals surface area contributed by atoms with Crippen LogP contribution in [0.1, 0.15) is 0 Å². The Bertz CT molecular complexity index is 682. The molecule has 0 bridgehead atoms. The maximum absolute atomic E-state index is 16.2. The molecule has 0 radical (unpaired) electrons. The SMILES string of the molecule is F[Te](F)(F)(c1ccccc1)(c1ccccc1)c1ccccc1. The number of benzene rings is 3. The third kappa shape index (κ3) is 1.99. The fourth-order valence-corrected chi connectivity index (χ4v) is 11.2. The summed E-state index contributed by atoms with van der Waals surface area (Å²) in [6.07, 6.45) is 0. The van der Waals surface area contributed by atoms with Gasteiger partial charge in [-0.2, -0.15) is 0 Å². The van der Waals surface area contributed by atoms with Gasteiger partial charge in [0.15, 0.2) is 0 Å². The molecular weight excluding hydrogens is 401 g/mol. The molecule has 3 rings (SSSR count). The van der Waals surface area contributed by atoms with E-state index in [-0.39, 0.29) is 0 Å². The van der Waals surface area contributed by atoms with Gasteiger partial charge >= 0.3 is 128 Å². The summed E-state index contributed by atoms with van der Waals surface area (Å²) in [5.74, 6) is 0. The molecule has 114 valence electrons. The van der Waals surface area contributed by atoms with Gasteiger partial charge in [-0.3, -0.25) is 0 Å². The summed E-state index contributed by atoms with van der Waals surface area (Å²) in [5.41, 5.74) is 0. The van der Waals surface area contributed by atoms with E-state index in [1.54, 1.807) is 18.2 Å². The maximum atomic E-state index is 16.2. The van der Waals surface area contributed by atoms with E-state index in [0.29, 0.717) is 0 Å². The third-order valence-electron chi connectivity index (χ3n) is 3.74. The van der Waals surface area contributed by atoms with E-state index in [1.165, 1.54) is 72.8 Å². The molecule has 0 aliphatic heterocycles. The van der Waals surface area contributed by atoms with Gasteiger partial charge in [-0.25, -0.2) is 0 Å². The van der Waals surface area contributed by atoms with Crippen LogP contribution < -0.4 is 10.8 Å². The van der Waals surface area contributed by atoms with Gasteiger partial charge in [0.05, 0.1) is 0 Å². The zero-order valence-corrected chi connectivity index (χ0v) is 14.0. The minimum absolute atomic E-state index is 0.526. The molecule has 3 aromatic carbocycles. The summed E-state index contributed by atoms with van der Waals surface area (Å²) in [5, 5.41) is 0. The Labute approximate surface area is 127 Å². The first-order valence-corrected chi connectivity index (χ1v) is 12.9. The molecule has 0 N–H and O–H groups in total. The van der Waals surface area contributed by atoms with Crippen LogP contribution >= 0.6 is 0 Å². The standard InChI is InChI=1S/C18H15F3Te/c19-22(20,21,16-10-4-1-5-11-16,17-12-6-2-7-13-17)18-14-8-3-9-15-18/h1-15H. The zero-order valence-electron chi connectivity index (χ0n) is 11.7. The Morgan fingerprint density at radius 2 is 0.636 bits per heavy atom. The Morgan fingerprint density at radius 1 is 0.409 bits per heavy atom. The van der Waals surface area contributed by atoms with E-state index >= 15 is 8.68 Å². The van der Waals surface area contributed by atoms with Crippen LogP contribution in [0.15, 0.2) is 91.0 Å². The predicted octanol–water partition coefficient (Wildman–Crippen LogP) is 3.46. The van der Waals surface area contributed by atoms with Gasteiger partial charge in [-0.05, 0) is 0 Å². The second kappa shape index (κ2) is 4.62. The van der Waals surface area contributed by atoms with Crippen molar-refractivity contribution in [3.8, 4) is 0 Å². The first kappa shape index (κ1) is 15.1. The summed E-state index contributed by atoms with van der Waals surface area (Å²) >= 11 is -8.38. The van der Waals surface area contributed by atoms with E-state index in [1.807, 2.05) is 0 Å². The van der Waals surface area contributed by atoms with Crippen LogP contribution in [-0.4, -0.2) is 17.1 Å². The van der Waals surface area contributed by atoms with Crippen molar-refractivity contribution in [1.29, 1.82) is 0 Å². The molecule has 0 saturated heterocycles. The molecule has 4 heteroatoms. The Hall–Kier alpha value is -1.76. The van der Waals surface area contributed by atoms with Crippen molar-refractivity contribution in [1.82, 2.24) is 0 Å². The molecule has 0 amide bonds. The van der Waals surface area contributed by atoms with E-state index in [9.17, 15) is 0 Å². The molecule has 0 aromatic heterocycles. The summed E-state index contributed by atoms with van der Waals surface area (Å²) < 4.78 is 47.1. The molecule has 0 unspecified atom stereocenters. The van der Waals surface area contributed by atoms with Gasteiger partial charge in [0.1, 0.15) is 0 Å². The number of hydrogen-bond acceptors (Lipinski definition) is 0. The predicted molar refractivity (Wildman–Crippen MR) is 87.3 cm³/mol. The van der Waals surface area contributed by atoms with Crippen molar-refractivity contribution in [3.63, 3.8) is 0 Å². The van der Waals surface area contributed by atoms with E-state index in [4.69, 9.17) is 0 Å². The monoisotopic (exact) mass is 418 g/mol. The summed E-state index contributed by atoms with van der Waals surface area (Å²) in [6.45, 7) is 0. The fraction of sp³-hybridized carbons (Fsp3) is 0. The quantitative estimate of drug-likeness (QED) is 0.575. The van der Waals surface area contributed by atoms with E-state index in [0.717, 1.165) is 0 Å². The van der Waals surface area contributed by atoms with Crippen LogP contribution in [0.25, 0.3) is 0 Å². The molecule has 3 aromatic rings. The van der Waals surface area contributed by atoms with Crippen molar-refractivity contribution in [2.24, 2.45) is 0 Å². The molecule has 0 heterocycles. The molecule has 0 fully saturated rings. The fourth-order valence-electron chi connectivity index (χ4n) is 2.54. The molecule has 0 saturated carbocycles. The van der Waals surface area contributed by atoms with Crippen LogP contribution in [0.5, 0.6) is 0 Å². The molecule has 0 nitrogen and oxygen atoms in total. The van der Waals surface area contributed by atoms with Crippen molar-refractivity contribution in [2.75, 3.05) is 0 Å². The number of rotatable bonds is 3. The van der Waals surface area contributed by atoms with Crippen LogP contribution in [-0.2, 0) is 0 Å². The third-order valence-corrected chi connectivity index (χ3v) is 14.7. The van der Waals surface area contributed by atoms with Crippen molar-refractivity contribution in [2.45, 2.75) is 0 Å². The molecule has 0 aliphatic carbocycles. The van der Waals surface area contributed by atoms with E-state index in [2.05, 4.69) is 0 Å². The first-order chi connectivity index (χ1) is 10.4. The molecule has 22 heavy (non-hydrogen) atoms. The molecular formula is C18H15F3Te. The van der Waals surface area contributed by atoms with Crippen LogP contribution in [0, 0.1) is 0 Å². The summed E-state index contributed by atoms with van der Waals surface area (Å²) in [4.78, 5) is 0. The molecule has 0 atom stereocenters. The molecule has 0 aliphatic rings. The van der Waals surface area contributed by atoms with Crippen molar-refractivity contribution >= 4 is 28.0 Å². The van der Waals surface area contributed by atoms with Crippen molar-refractivity contribution in [3.05, 3.63) is 91.0 Å². The average Bonchev–Trinajstić information content (AvgIpc) is 2.58. The van der Waals surface area contributed by atoms with Crippen LogP contribution in [0.2, 0.25) is 0 Å². The van der Waals surface area contributed by atoms with Crippen LogP contribution in [0.4, 0.5) is 8.68 Å². The number of hydrogen-bond donors (Lipinski definition) is 0. The first-order valence-electron chi connectivity index (χ1n) is 6.81. The van der Waals surface area contributed by atoms with Gasteiger partial charge in [-0.15, -0.1) is 0 Å². The Morgan fingerprint density at radius 3 is 0.864 bits per heavy atom. The topological polar surface area (TPSA) is 0 Å². The normalized spacial score (nSPS) is 14.9. The summed E-state index contributed by atoms with van der Waals surface area (Å²) in [6, 6.07) is 20.6. The number of halogens is 3. The van der Waals surface area contributed by atoms with Gasteiger partial charge in [-0.1, -0.05) is 0 Å². The van der Waals surface area contributed by atoms with Gasteiger partial charge in [0.25, 0.3) is 0 Å². The zero-order chi connectivity index (χ0) is 15.7. The average molecular weight is 416 g/mol. The Kier molecular flexibility index (Phi) is 3.18. The van der Waals surface area contributed by atoms with Crippen molar-refractivity contribution < 1.29 is 8.68 Å². The second-order valence-corrected chi connectivity index (χ2v) is 15.9. The minimum atomic E-state index is -8.38. The van der Waals surface area contributed by atoms with Crippen LogP contribution in [0.3, 0.4) is 0 Å². The Balaban J connectivity index is 2.49. The summed E-state index contributed by atoms with van der Waals surface area (Å²) in [7, 11) is 0. The molecule has 0 spiro atoms. The van der Waals surface area contributed by atoms with Gasteiger partial charge in [0.2, 0.25) is 0 Å². The van der Waals surface area contributed by atoms with E-state index < -0.39 is 28.0 Å². The van der Waals surface area contributed by atoms with Gasteiger partial charge in [0, 0.05) is 0 Å². The second-order valence-electron chi connectivity index (χ2n) is 5.11.